The monoisotopic (exact) mass is 537 g/mol. The van der Waals surface area contributed by atoms with Crippen LogP contribution in [0.3, 0.4) is 0 Å². The van der Waals surface area contributed by atoms with Gasteiger partial charge in [-0.2, -0.15) is 0 Å². The van der Waals surface area contributed by atoms with E-state index in [-0.39, 0.29) is 11.9 Å². The first kappa shape index (κ1) is 25.1. The van der Waals surface area contributed by atoms with Crippen LogP contribution in [0.25, 0.3) is 33.9 Å². The van der Waals surface area contributed by atoms with Gasteiger partial charge in [0.05, 0.1) is 41.0 Å². The Morgan fingerprint density at radius 1 is 1.16 bits per heavy atom. The summed E-state index contributed by atoms with van der Waals surface area (Å²) in [6.07, 6.45) is 9.18. The molecule has 2 fully saturated rings. The number of imidazole rings is 1. The first-order chi connectivity index (χ1) is 18.5. The van der Waals surface area contributed by atoms with Gasteiger partial charge in [0, 0.05) is 31.0 Å². The molecule has 4 aromatic heterocycles. The molecule has 1 N–H and O–H groups in total. The zero-order valence-electron chi connectivity index (χ0n) is 21.7. The number of H-pyrrole nitrogens is 1. The summed E-state index contributed by atoms with van der Waals surface area (Å²) < 4.78 is 13.4. The fraction of sp³-hybridized carbons (Fsp3) is 0.519. The van der Waals surface area contributed by atoms with Crippen LogP contribution in [0, 0.1) is 11.8 Å². The molecule has 1 saturated heterocycles. The Kier molecular flexibility index (Phi) is 6.92. The fourth-order valence-corrected chi connectivity index (χ4v) is 5.93. The number of morpholine rings is 1. The second-order valence-corrected chi connectivity index (χ2v) is 10.9. The van der Waals surface area contributed by atoms with Gasteiger partial charge in [-0.1, -0.05) is 38.3 Å². The van der Waals surface area contributed by atoms with Crippen LogP contribution in [-0.4, -0.2) is 55.5 Å². The molecule has 1 aliphatic heterocycles. The average Bonchev–Trinajstić information content (AvgIpc) is 3.53. The number of nitrogens with one attached hydrogen (secondary N) is 1. The van der Waals surface area contributed by atoms with E-state index in [1.54, 1.807) is 12.4 Å². The van der Waals surface area contributed by atoms with Crippen molar-refractivity contribution < 1.29 is 9.15 Å². The van der Waals surface area contributed by atoms with Crippen LogP contribution in [0.4, 0.5) is 5.95 Å². The highest BCUT2D eigenvalue weighted by molar-refractivity contribution is 6.30. The summed E-state index contributed by atoms with van der Waals surface area (Å²) in [7, 11) is 0. The Morgan fingerprint density at radius 2 is 2.00 bits per heavy atom. The molecule has 1 unspecified atom stereocenters. The molecule has 0 spiro atoms. The summed E-state index contributed by atoms with van der Waals surface area (Å²) in [6, 6.07) is 3.93. The van der Waals surface area contributed by atoms with E-state index in [0.717, 1.165) is 48.0 Å². The third kappa shape index (κ3) is 4.82. The summed E-state index contributed by atoms with van der Waals surface area (Å²) in [6.45, 7) is 7.49. The minimum Gasteiger partial charge on any atom is -0.386 e. The standard InChI is InChI=1S/C27H32ClN7O3/c1-3-20-15-37-9-8-34(20)26-31-21-11-22(25-32-33-27(36)38-25)30-23(18-10-19(28)13-29-12-18)24(21)35(26)14-17-6-4-16(2)5-7-17/h10-13,16-17,20H,3-9,14-15H2,1-2H3,(H,33,36). The van der Waals surface area contributed by atoms with Crippen LogP contribution in [0.15, 0.2) is 33.7 Å². The molecule has 10 nitrogen and oxygen atoms in total. The van der Waals surface area contributed by atoms with E-state index in [0.29, 0.717) is 35.5 Å². The molecule has 1 atom stereocenters. The summed E-state index contributed by atoms with van der Waals surface area (Å²) in [5, 5.41) is 6.86. The summed E-state index contributed by atoms with van der Waals surface area (Å²) in [5.41, 5.74) is 3.55. The van der Waals surface area contributed by atoms with E-state index in [9.17, 15) is 4.79 Å². The lowest BCUT2D eigenvalue weighted by molar-refractivity contribution is 0.0916. The molecule has 2 aliphatic rings. The van der Waals surface area contributed by atoms with Crippen molar-refractivity contribution in [3.63, 3.8) is 0 Å². The molecule has 5 heterocycles. The van der Waals surface area contributed by atoms with Gasteiger partial charge in [-0.3, -0.25) is 4.98 Å². The molecule has 0 bridgehead atoms. The number of ether oxygens (including phenoxy) is 1. The van der Waals surface area contributed by atoms with Crippen molar-refractivity contribution in [2.24, 2.45) is 11.8 Å². The molecule has 6 rings (SSSR count). The predicted octanol–water partition coefficient (Wildman–Crippen LogP) is 4.93. The lowest BCUT2D eigenvalue weighted by atomic mass is 9.83. The molecule has 0 aromatic carbocycles. The number of pyridine rings is 2. The molecule has 11 heteroatoms. The number of fused-ring (bicyclic) bond motifs is 1. The van der Waals surface area contributed by atoms with Crippen LogP contribution in [0.1, 0.15) is 46.0 Å². The second kappa shape index (κ2) is 10.5. The van der Waals surface area contributed by atoms with E-state index in [4.69, 9.17) is 30.7 Å². The normalized spacial score (nSPS) is 22.3. The highest BCUT2D eigenvalue weighted by Gasteiger charge is 2.30. The van der Waals surface area contributed by atoms with Gasteiger partial charge in [0.25, 0.3) is 5.89 Å². The van der Waals surface area contributed by atoms with Gasteiger partial charge < -0.3 is 18.6 Å². The Labute approximate surface area is 225 Å². The van der Waals surface area contributed by atoms with E-state index >= 15 is 0 Å². The van der Waals surface area contributed by atoms with Gasteiger partial charge in [-0.05, 0) is 43.2 Å². The third-order valence-electron chi connectivity index (χ3n) is 7.87. The average molecular weight is 538 g/mol. The zero-order chi connectivity index (χ0) is 26.2. The van der Waals surface area contributed by atoms with Crippen molar-refractivity contribution in [1.82, 2.24) is 29.7 Å². The minimum absolute atomic E-state index is 0.114. The topological polar surface area (TPSA) is 115 Å². The van der Waals surface area contributed by atoms with Crippen molar-refractivity contribution in [3.8, 4) is 22.8 Å². The van der Waals surface area contributed by atoms with Crippen LogP contribution in [0.5, 0.6) is 0 Å². The summed E-state index contributed by atoms with van der Waals surface area (Å²) in [5.74, 6) is 1.73. The van der Waals surface area contributed by atoms with Crippen molar-refractivity contribution in [2.45, 2.75) is 58.5 Å². The molecule has 1 saturated carbocycles. The van der Waals surface area contributed by atoms with E-state index < -0.39 is 5.76 Å². The first-order valence-electron chi connectivity index (χ1n) is 13.4. The highest BCUT2D eigenvalue weighted by atomic mass is 35.5. The lowest BCUT2D eigenvalue weighted by Gasteiger charge is -2.37. The van der Waals surface area contributed by atoms with Crippen molar-refractivity contribution in [2.75, 3.05) is 24.7 Å². The molecule has 0 radical (unpaired) electrons. The Bertz CT molecular complexity index is 1490. The van der Waals surface area contributed by atoms with Crippen LogP contribution >= 0.6 is 11.6 Å². The maximum absolute atomic E-state index is 11.7. The smallest absolute Gasteiger partial charge is 0.386 e. The maximum atomic E-state index is 11.7. The molecule has 1 aliphatic carbocycles. The lowest BCUT2D eigenvalue weighted by Crippen LogP contribution is -2.46. The second-order valence-electron chi connectivity index (χ2n) is 10.5. The van der Waals surface area contributed by atoms with Gasteiger partial charge in [0.2, 0.25) is 5.95 Å². The Morgan fingerprint density at radius 3 is 2.74 bits per heavy atom. The Balaban J connectivity index is 1.58. The number of rotatable bonds is 6. The summed E-state index contributed by atoms with van der Waals surface area (Å²) in [4.78, 5) is 28.6. The highest BCUT2D eigenvalue weighted by Crippen LogP contribution is 2.38. The predicted molar refractivity (Wildman–Crippen MR) is 145 cm³/mol. The number of hydrogen-bond acceptors (Lipinski definition) is 8. The molecular weight excluding hydrogens is 506 g/mol. The number of aromatic nitrogens is 6. The molecule has 4 aromatic rings. The third-order valence-corrected chi connectivity index (χ3v) is 8.08. The van der Waals surface area contributed by atoms with Crippen molar-refractivity contribution >= 4 is 28.6 Å². The number of aromatic amines is 1. The SMILES string of the molecule is CCC1COCCN1c1nc2cc(-c3n[nH]c(=O)o3)nc(-c3cncc(Cl)c3)c2n1CC1CCC(C)CC1. The quantitative estimate of drug-likeness (QED) is 0.368. The van der Waals surface area contributed by atoms with E-state index in [1.165, 1.54) is 25.7 Å². The van der Waals surface area contributed by atoms with Gasteiger partial charge in [-0.15, -0.1) is 5.10 Å². The van der Waals surface area contributed by atoms with Gasteiger partial charge in [0.1, 0.15) is 5.69 Å². The van der Waals surface area contributed by atoms with Crippen LogP contribution in [-0.2, 0) is 11.3 Å². The van der Waals surface area contributed by atoms with Crippen molar-refractivity contribution in [1.29, 1.82) is 0 Å². The largest absolute Gasteiger partial charge is 0.434 e. The Hall–Kier alpha value is -3.24. The van der Waals surface area contributed by atoms with Crippen molar-refractivity contribution in [3.05, 3.63) is 40.1 Å². The molecule has 200 valence electrons. The number of anilines is 1. The molecule has 0 amide bonds. The van der Waals surface area contributed by atoms with E-state index in [1.807, 2.05) is 12.1 Å². The molecular formula is C27H32ClN7O3. The van der Waals surface area contributed by atoms with Crippen LogP contribution < -0.4 is 10.7 Å². The minimum atomic E-state index is -0.635. The number of nitrogens with zero attached hydrogens (tertiary/aromatic N) is 6. The number of hydrogen-bond donors (Lipinski definition) is 1. The fourth-order valence-electron chi connectivity index (χ4n) is 5.75. The zero-order valence-corrected chi connectivity index (χ0v) is 22.4. The summed E-state index contributed by atoms with van der Waals surface area (Å²) >= 11 is 6.37. The first-order valence-corrected chi connectivity index (χ1v) is 13.8. The van der Waals surface area contributed by atoms with Gasteiger partial charge >= 0.3 is 5.76 Å². The molecule has 38 heavy (non-hydrogen) atoms. The van der Waals surface area contributed by atoms with E-state index in [2.05, 4.69) is 38.5 Å². The maximum Gasteiger partial charge on any atom is 0.434 e. The van der Waals surface area contributed by atoms with Gasteiger partial charge in [-0.25, -0.2) is 19.9 Å². The number of halogens is 1. The van der Waals surface area contributed by atoms with Gasteiger partial charge in [0.15, 0.2) is 0 Å². The van der Waals surface area contributed by atoms with Crippen LogP contribution in [0.2, 0.25) is 5.02 Å².